The molecule has 51 heavy (non-hydrogen) atoms. The molecule has 0 radical (unpaired) electrons. The molecule has 10 aromatic rings. The van der Waals surface area contributed by atoms with Gasteiger partial charge in [0.1, 0.15) is 22.8 Å². The molecule has 0 bridgehead atoms. The van der Waals surface area contributed by atoms with Crippen molar-refractivity contribution in [2.45, 2.75) is 52.4 Å². The predicted octanol–water partition coefficient (Wildman–Crippen LogP) is 12.3. The number of nitrogens with zero attached hydrogens (tertiary/aromatic N) is 4. The standard InChI is InChI=1S/C46H38N4O/c1-45(2,3)27-15-19-33-31-21-17-29(25-35(31)43-47-37-11-7-9-13-39(37)49(43)41(33)23-27)51-30-18-22-32-34-20-16-28(46(4,5)6)24-42(34)50-40-14-10-8-12-38(40)48-44(50)36(32)26-30/h7-26H,1-6H3. The van der Waals surface area contributed by atoms with E-state index in [-0.39, 0.29) is 10.8 Å². The van der Waals surface area contributed by atoms with Crippen molar-refractivity contribution in [1.29, 1.82) is 0 Å². The molecule has 248 valence electrons. The topological polar surface area (TPSA) is 43.8 Å². The highest BCUT2D eigenvalue weighted by molar-refractivity contribution is 6.15. The minimum Gasteiger partial charge on any atom is -0.457 e. The second-order valence-corrected chi connectivity index (χ2v) is 16.0. The van der Waals surface area contributed by atoms with Crippen LogP contribution in [0.3, 0.4) is 0 Å². The van der Waals surface area contributed by atoms with Crippen molar-refractivity contribution in [1.82, 2.24) is 18.8 Å². The molecule has 0 aliphatic rings. The summed E-state index contributed by atoms with van der Waals surface area (Å²) >= 11 is 0. The van der Waals surface area contributed by atoms with E-state index in [1.165, 1.54) is 32.9 Å². The van der Waals surface area contributed by atoms with Gasteiger partial charge in [-0.1, -0.05) is 90.1 Å². The highest BCUT2D eigenvalue weighted by Crippen LogP contribution is 2.40. The van der Waals surface area contributed by atoms with Crippen molar-refractivity contribution in [3.8, 4) is 11.5 Å². The Morgan fingerprint density at radius 1 is 0.412 bits per heavy atom. The summed E-state index contributed by atoms with van der Waals surface area (Å²) in [6, 6.07) is 43.4. The molecule has 0 saturated carbocycles. The molecule has 0 spiro atoms. The third-order valence-corrected chi connectivity index (χ3v) is 10.6. The van der Waals surface area contributed by atoms with E-state index in [4.69, 9.17) is 14.7 Å². The van der Waals surface area contributed by atoms with E-state index in [1.54, 1.807) is 0 Å². The lowest BCUT2D eigenvalue weighted by Crippen LogP contribution is -2.11. The zero-order valence-corrected chi connectivity index (χ0v) is 29.7. The molecular weight excluding hydrogens is 625 g/mol. The molecule has 0 atom stereocenters. The van der Waals surface area contributed by atoms with Gasteiger partial charge in [-0.3, -0.25) is 8.80 Å². The van der Waals surface area contributed by atoms with Crippen LogP contribution in [0.5, 0.6) is 11.5 Å². The summed E-state index contributed by atoms with van der Waals surface area (Å²) in [5.41, 5.74) is 11.0. The van der Waals surface area contributed by atoms with Crippen LogP contribution in [-0.2, 0) is 10.8 Å². The van der Waals surface area contributed by atoms with Crippen LogP contribution in [0.4, 0.5) is 0 Å². The third-order valence-electron chi connectivity index (χ3n) is 10.6. The Labute approximate surface area is 295 Å². The van der Waals surface area contributed by atoms with Crippen molar-refractivity contribution in [3.63, 3.8) is 0 Å². The Bertz CT molecular complexity index is 2870. The number of hydrogen-bond acceptors (Lipinski definition) is 3. The summed E-state index contributed by atoms with van der Waals surface area (Å²) in [5.74, 6) is 1.53. The largest absolute Gasteiger partial charge is 0.457 e. The van der Waals surface area contributed by atoms with Gasteiger partial charge in [0, 0.05) is 21.5 Å². The van der Waals surface area contributed by atoms with Gasteiger partial charge in [0.15, 0.2) is 0 Å². The van der Waals surface area contributed by atoms with Gasteiger partial charge in [0.2, 0.25) is 0 Å². The Morgan fingerprint density at radius 3 is 1.25 bits per heavy atom. The first kappa shape index (κ1) is 29.9. The van der Waals surface area contributed by atoms with Crippen LogP contribution in [0.2, 0.25) is 0 Å². The molecule has 0 saturated heterocycles. The molecule has 4 heterocycles. The lowest BCUT2D eigenvalue weighted by atomic mass is 9.86. The zero-order chi connectivity index (χ0) is 34.8. The van der Waals surface area contributed by atoms with Gasteiger partial charge in [0.25, 0.3) is 0 Å². The van der Waals surface area contributed by atoms with Gasteiger partial charge in [-0.05, 0) is 106 Å². The maximum atomic E-state index is 6.72. The number of benzene rings is 6. The minimum absolute atomic E-state index is 0.0275. The minimum atomic E-state index is 0.0275. The molecule has 10 rings (SSSR count). The van der Waals surface area contributed by atoms with Crippen molar-refractivity contribution in [3.05, 3.63) is 132 Å². The Morgan fingerprint density at radius 2 is 0.824 bits per heavy atom. The predicted molar refractivity (Wildman–Crippen MR) is 213 cm³/mol. The maximum Gasteiger partial charge on any atom is 0.146 e. The number of fused-ring (bicyclic) bond motifs is 16. The summed E-state index contributed by atoms with van der Waals surface area (Å²) in [6.07, 6.45) is 0. The SMILES string of the molecule is CC(C)(C)c1ccc2c3ccc(Oc4ccc5c6ccc(C(C)(C)C)cc6n6c7ccccc7nc6c5c4)cc3c3nc4ccccc4n3c2c1. The van der Waals surface area contributed by atoms with Gasteiger partial charge < -0.3 is 4.74 Å². The summed E-state index contributed by atoms with van der Waals surface area (Å²) in [7, 11) is 0. The van der Waals surface area contributed by atoms with Crippen molar-refractivity contribution in [2.24, 2.45) is 0 Å². The number of pyridine rings is 2. The first-order valence-corrected chi connectivity index (χ1v) is 17.8. The summed E-state index contributed by atoms with van der Waals surface area (Å²) in [4.78, 5) is 10.4. The number of rotatable bonds is 2. The number of ether oxygens (including phenoxy) is 1. The second-order valence-electron chi connectivity index (χ2n) is 16.0. The number of aromatic nitrogens is 4. The molecule has 0 N–H and O–H groups in total. The molecule has 0 amide bonds. The van der Waals surface area contributed by atoms with Crippen LogP contribution in [0.25, 0.3) is 76.7 Å². The Kier molecular flexibility index (Phi) is 6.04. The van der Waals surface area contributed by atoms with E-state index in [1.807, 2.05) is 0 Å². The van der Waals surface area contributed by atoms with Gasteiger partial charge in [-0.2, -0.15) is 0 Å². The summed E-state index contributed by atoms with van der Waals surface area (Å²) in [6.45, 7) is 13.6. The monoisotopic (exact) mass is 662 g/mol. The second kappa shape index (κ2) is 10.3. The van der Waals surface area contributed by atoms with Crippen molar-refractivity contribution in [2.75, 3.05) is 0 Å². The molecule has 0 fully saturated rings. The fourth-order valence-corrected chi connectivity index (χ4v) is 7.87. The average molecular weight is 663 g/mol. The Balaban J connectivity index is 1.18. The third kappa shape index (κ3) is 4.47. The van der Waals surface area contributed by atoms with E-state index in [0.29, 0.717) is 0 Å². The van der Waals surface area contributed by atoms with E-state index < -0.39 is 0 Å². The van der Waals surface area contributed by atoms with Crippen LogP contribution in [0.15, 0.2) is 121 Å². The molecule has 0 unspecified atom stereocenters. The normalized spacial score (nSPS) is 12.9. The number of para-hydroxylation sites is 4. The quantitative estimate of drug-likeness (QED) is 0.173. The Hall–Kier alpha value is -5.94. The molecule has 0 aliphatic carbocycles. The van der Waals surface area contributed by atoms with E-state index in [0.717, 1.165) is 66.4 Å². The zero-order valence-electron chi connectivity index (χ0n) is 29.7. The van der Waals surface area contributed by atoms with Crippen LogP contribution in [0, 0.1) is 0 Å². The average Bonchev–Trinajstić information content (AvgIpc) is 3.71. The van der Waals surface area contributed by atoms with Gasteiger partial charge in [0.05, 0.1) is 33.1 Å². The smallest absolute Gasteiger partial charge is 0.146 e. The molecule has 4 aromatic heterocycles. The molecule has 5 heteroatoms. The van der Waals surface area contributed by atoms with Crippen molar-refractivity contribution >= 4 is 76.7 Å². The maximum absolute atomic E-state index is 6.72. The lowest BCUT2D eigenvalue weighted by molar-refractivity contribution is 0.484. The van der Waals surface area contributed by atoms with Gasteiger partial charge in [-0.15, -0.1) is 0 Å². The first-order valence-electron chi connectivity index (χ1n) is 17.8. The highest BCUT2D eigenvalue weighted by atomic mass is 16.5. The number of imidazole rings is 2. The molecule has 6 aromatic carbocycles. The first-order chi connectivity index (χ1) is 24.5. The fraction of sp³-hybridized carbons (Fsp3) is 0.174. The van der Waals surface area contributed by atoms with E-state index >= 15 is 0 Å². The van der Waals surface area contributed by atoms with Gasteiger partial charge >= 0.3 is 0 Å². The molecule has 0 aliphatic heterocycles. The van der Waals surface area contributed by atoms with Crippen LogP contribution in [0.1, 0.15) is 52.7 Å². The lowest BCUT2D eigenvalue weighted by Gasteiger charge is -2.20. The van der Waals surface area contributed by atoms with E-state index in [9.17, 15) is 0 Å². The fourth-order valence-electron chi connectivity index (χ4n) is 7.87. The van der Waals surface area contributed by atoms with Gasteiger partial charge in [-0.25, -0.2) is 9.97 Å². The van der Waals surface area contributed by atoms with Crippen LogP contribution in [-0.4, -0.2) is 18.8 Å². The van der Waals surface area contributed by atoms with Crippen molar-refractivity contribution < 1.29 is 4.74 Å². The molecule has 5 nitrogen and oxygen atoms in total. The number of hydrogen-bond donors (Lipinski definition) is 0. The summed E-state index contributed by atoms with van der Waals surface area (Å²) in [5, 5.41) is 6.82. The summed E-state index contributed by atoms with van der Waals surface area (Å²) < 4.78 is 11.4. The van der Waals surface area contributed by atoms with Crippen LogP contribution >= 0.6 is 0 Å². The van der Waals surface area contributed by atoms with Crippen LogP contribution < -0.4 is 4.74 Å². The van der Waals surface area contributed by atoms with E-state index in [2.05, 4.69) is 172 Å². The highest BCUT2D eigenvalue weighted by Gasteiger charge is 2.21. The molecular formula is C46H38N4O.